The summed E-state index contributed by atoms with van der Waals surface area (Å²) in [6.45, 7) is 1.65. The summed E-state index contributed by atoms with van der Waals surface area (Å²) >= 11 is 0. The third kappa shape index (κ3) is 4.66. The van der Waals surface area contributed by atoms with Crippen LogP contribution in [0.2, 0.25) is 0 Å². The Morgan fingerprint density at radius 2 is 2.08 bits per heavy atom. The van der Waals surface area contributed by atoms with Crippen molar-refractivity contribution in [2.45, 2.75) is 25.3 Å². The van der Waals surface area contributed by atoms with E-state index in [-0.39, 0.29) is 24.3 Å². The predicted molar refractivity (Wildman–Crippen MR) is 89.9 cm³/mol. The van der Waals surface area contributed by atoms with Crippen LogP contribution in [0.4, 0.5) is 11.4 Å². The predicted octanol–water partition coefficient (Wildman–Crippen LogP) is 1.41. The number of methoxy groups -OCH3 is 1. The number of benzene rings is 1. The van der Waals surface area contributed by atoms with E-state index in [2.05, 4.69) is 5.32 Å². The standard InChI is InChI=1S/C16H21N3O6/c1-25-9-6-12(16(21)22)17-15(20)11-4-5-13(14(10-11)19(23)24)18-7-2-3-8-18/h4-5,10,12H,2-3,6-9H2,1H3,(H,17,20)(H,21,22). The molecule has 136 valence electrons. The van der Waals surface area contributed by atoms with E-state index in [1.165, 1.54) is 19.2 Å². The van der Waals surface area contributed by atoms with Crippen molar-refractivity contribution in [3.8, 4) is 0 Å². The minimum absolute atomic E-state index is 0.0540. The molecule has 0 radical (unpaired) electrons. The molecule has 1 aromatic carbocycles. The van der Waals surface area contributed by atoms with Crippen molar-refractivity contribution in [1.82, 2.24) is 5.32 Å². The maximum absolute atomic E-state index is 12.3. The molecule has 1 aromatic rings. The van der Waals surface area contributed by atoms with E-state index >= 15 is 0 Å². The number of anilines is 1. The van der Waals surface area contributed by atoms with E-state index < -0.39 is 22.8 Å². The lowest BCUT2D eigenvalue weighted by atomic mass is 10.1. The molecule has 1 aliphatic rings. The molecule has 25 heavy (non-hydrogen) atoms. The summed E-state index contributed by atoms with van der Waals surface area (Å²) in [6.07, 6.45) is 2.05. The van der Waals surface area contributed by atoms with Crippen molar-refractivity contribution in [1.29, 1.82) is 0 Å². The van der Waals surface area contributed by atoms with Crippen molar-refractivity contribution >= 4 is 23.3 Å². The smallest absolute Gasteiger partial charge is 0.326 e. The first-order chi connectivity index (χ1) is 11.9. The highest BCUT2D eigenvalue weighted by Crippen LogP contribution is 2.31. The molecule has 2 rings (SSSR count). The van der Waals surface area contributed by atoms with Crippen LogP contribution in [0.15, 0.2) is 18.2 Å². The Bertz CT molecular complexity index is 657. The number of nitro benzene ring substituents is 1. The van der Waals surface area contributed by atoms with Gasteiger partial charge in [-0.05, 0) is 25.0 Å². The Morgan fingerprint density at radius 1 is 1.40 bits per heavy atom. The molecule has 0 aliphatic carbocycles. The largest absolute Gasteiger partial charge is 0.480 e. The zero-order valence-electron chi connectivity index (χ0n) is 13.9. The fourth-order valence-corrected chi connectivity index (χ4v) is 2.77. The number of nitrogens with one attached hydrogen (secondary N) is 1. The minimum Gasteiger partial charge on any atom is -0.480 e. The van der Waals surface area contributed by atoms with Crippen LogP contribution < -0.4 is 10.2 Å². The number of carbonyl (C=O) groups excluding carboxylic acids is 1. The summed E-state index contributed by atoms with van der Waals surface area (Å²) < 4.78 is 4.82. The van der Waals surface area contributed by atoms with Gasteiger partial charge < -0.3 is 20.1 Å². The van der Waals surface area contributed by atoms with Gasteiger partial charge >= 0.3 is 5.97 Å². The molecular formula is C16H21N3O6. The Morgan fingerprint density at radius 3 is 2.64 bits per heavy atom. The van der Waals surface area contributed by atoms with Crippen LogP contribution in [0.1, 0.15) is 29.6 Å². The van der Waals surface area contributed by atoms with Gasteiger partial charge in [0.05, 0.1) is 4.92 Å². The summed E-state index contributed by atoms with van der Waals surface area (Å²) in [6, 6.07) is 3.09. The number of carbonyl (C=O) groups is 2. The number of nitrogens with zero attached hydrogens (tertiary/aromatic N) is 2. The first kappa shape index (κ1) is 18.7. The average Bonchev–Trinajstić information content (AvgIpc) is 3.11. The number of carboxylic acids is 1. The van der Waals surface area contributed by atoms with E-state index in [1.807, 2.05) is 4.90 Å². The van der Waals surface area contributed by atoms with Crippen molar-refractivity contribution in [3.63, 3.8) is 0 Å². The van der Waals surface area contributed by atoms with E-state index in [1.54, 1.807) is 6.07 Å². The van der Waals surface area contributed by atoms with E-state index in [0.29, 0.717) is 5.69 Å². The van der Waals surface area contributed by atoms with Crippen LogP contribution in [-0.2, 0) is 9.53 Å². The second kappa shape index (κ2) is 8.43. The molecule has 0 saturated carbocycles. The summed E-state index contributed by atoms with van der Waals surface area (Å²) in [7, 11) is 1.43. The molecule has 1 heterocycles. The van der Waals surface area contributed by atoms with Gasteiger partial charge in [0.15, 0.2) is 0 Å². The number of hydrogen-bond acceptors (Lipinski definition) is 6. The van der Waals surface area contributed by atoms with Gasteiger partial charge in [0.1, 0.15) is 11.7 Å². The Labute approximate surface area is 144 Å². The van der Waals surface area contributed by atoms with E-state index in [4.69, 9.17) is 9.84 Å². The minimum atomic E-state index is -1.19. The second-order valence-corrected chi connectivity index (χ2v) is 5.80. The highest BCUT2D eigenvalue weighted by Gasteiger charge is 2.25. The van der Waals surface area contributed by atoms with Gasteiger partial charge in [0, 0.05) is 44.9 Å². The first-order valence-corrected chi connectivity index (χ1v) is 8.00. The zero-order valence-corrected chi connectivity index (χ0v) is 13.9. The van der Waals surface area contributed by atoms with Gasteiger partial charge in [0.25, 0.3) is 11.6 Å². The monoisotopic (exact) mass is 351 g/mol. The number of aliphatic carboxylic acids is 1. The van der Waals surface area contributed by atoms with Crippen LogP contribution >= 0.6 is 0 Å². The Kier molecular flexibility index (Phi) is 6.29. The van der Waals surface area contributed by atoms with Crippen molar-refractivity contribution in [2.75, 3.05) is 31.7 Å². The normalized spacial score (nSPS) is 15.0. The zero-order chi connectivity index (χ0) is 18.4. The highest BCUT2D eigenvalue weighted by atomic mass is 16.6. The molecule has 1 aliphatic heterocycles. The van der Waals surface area contributed by atoms with Gasteiger partial charge in [-0.25, -0.2) is 4.79 Å². The molecule has 0 aromatic heterocycles. The lowest BCUT2D eigenvalue weighted by molar-refractivity contribution is -0.384. The maximum Gasteiger partial charge on any atom is 0.326 e. The number of hydrogen-bond donors (Lipinski definition) is 2. The summed E-state index contributed by atoms with van der Waals surface area (Å²) in [5.74, 6) is -1.85. The highest BCUT2D eigenvalue weighted by molar-refractivity contribution is 5.97. The lowest BCUT2D eigenvalue weighted by Crippen LogP contribution is -2.41. The van der Waals surface area contributed by atoms with Crippen LogP contribution in [0.3, 0.4) is 0 Å². The number of amides is 1. The summed E-state index contributed by atoms with van der Waals surface area (Å²) in [4.78, 5) is 36.2. The molecular weight excluding hydrogens is 330 g/mol. The van der Waals surface area contributed by atoms with Gasteiger partial charge in [-0.3, -0.25) is 14.9 Å². The van der Waals surface area contributed by atoms with Crippen LogP contribution in [-0.4, -0.2) is 54.8 Å². The van der Waals surface area contributed by atoms with Gasteiger partial charge in [-0.2, -0.15) is 0 Å². The first-order valence-electron chi connectivity index (χ1n) is 8.00. The van der Waals surface area contributed by atoms with E-state index in [0.717, 1.165) is 25.9 Å². The molecule has 1 amide bonds. The number of ether oxygens (including phenoxy) is 1. The Hall–Kier alpha value is -2.68. The van der Waals surface area contributed by atoms with Gasteiger partial charge in [-0.1, -0.05) is 0 Å². The summed E-state index contributed by atoms with van der Waals surface area (Å²) in [5.41, 5.74) is 0.379. The molecule has 9 heteroatoms. The van der Waals surface area contributed by atoms with E-state index in [9.17, 15) is 19.7 Å². The van der Waals surface area contributed by atoms with Crippen molar-refractivity contribution in [2.24, 2.45) is 0 Å². The molecule has 9 nitrogen and oxygen atoms in total. The molecule has 0 bridgehead atoms. The third-order valence-electron chi connectivity index (χ3n) is 4.10. The van der Waals surface area contributed by atoms with Crippen LogP contribution in [0.25, 0.3) is 0 Å². The Balaban J connectivity index is 2.20. The topological polar surface area (TPSA) is 122 Å². The fraction of sp³-hybridized carbons (Fsp3) is 0.500. The molecule has 1 atom stereocenters. The van der Waals surface area contributed by atoms with Crippen molar-refractivity contribution < 1.29 is 24.4 Å². The maximum atomic E-state index is 12.3. The second-order valence-electron chi connectivity index (χ2n) is 5.80. The lowest BCUT2D eigenvalue weighted by Gasteiger charge is -2.18. The van der Waals surface area contributed by atoms with Crippen molar-refractivity contribution in [3.05, 3.63) is 33.9 Å². The quantitative estimate of drug-likeness (QED) is 0.536. The molecule has 2 N–H and O–H groups in total. The van der Waals surface area contributed by atoms with Gasteiger partial charge in [0.2, 0.25) is 0 Å². The summed E-state index contributed by atoms with van der Waals surface area (Å²) in [5, 5.41) is 22.9. The molecule has 0 spiro atoms. The fourth-order valence-electron chi connectivity index (χ4n) is 2.77. The SMILES string of the molecule is COCCC(NC(=O)c1ccc(N2CCCC2)c([N+](=O)[O-])c1)C(=O)O. The average molecular weight is 351 g/mol. The number of carboxylic acid groups (broad SMARTS) is 1. The number of rotatable bonds is 8. The number of nitro groups is 1. The molecule has 1 unspecified atom stereocenters. The van der Waals surface area contributed by atoms with Crippen LogP contribution in [0.5, 0.6) is 0 Å². The third-order valence-corrected chi connectivity index (χ3v) is 4.10. The van der Waals surface area contributed by atoms with Crippen LogP contribution in [0, 0.1) is 10.1 Å². The molecule has 1 fully saturated rings. The van der Waals surface area contributed by atoms with Gasteiger partial charge in [-0.15, -0.1) is 0 Å². The molecule has 1 saturated heterocycles.